The zero-order valence-corrected chi connectivity index (χ0v) is 8.20. The van der Waals surface area contributed by atoms with Crippen molar-refractivity contribution in [3.05, 3.63) is 35.7 Å². The SMILES string of the molecule is Cc1cccn2nc(C3(N)CC3)cc12. The van der Waals surface area contributed by atoms with Gasteiger partial charge in [0.15, 0.2) is 0 Å². The predicted octanol–water partition coefficient (Wildman–Crippen LogP) is 1.59. The highest BCUT2D eigenvalue weighted by Crippen LogP contribution is 2.42. The van der Waals surface area contributed by atoms with Crippen LogP contribution in [0.2, 0.25) is 0 Å². The second-order valence-corrected chi connectivity index (χ2v) is 4.21. The molecule has 2 heterocycles. The van der Waals surface area contributed by atoms with Gasteiger partial charge in [-0.25, -0.2) is 4.52 Å². The number of nitrogens with zero attached hydrogens (tertiary/aromatic N) is 2. The van der Waals surface area contributed by atoms with Crippen LogP contribution in [0.1, 0.15) is 24.1 Å². The fourth-order valence-electron chi connectivity index (χ4n) is 1.79. The average molecular weight is 187 g/mol. The molecule has 0 saturated heterocycles. The first-order valence-corrected chi connectivity index (χ1v) is 4.93. The lowest BCUT2D eigenvalue weighted by molar-refractivity contribution is 0.692. The number of pyridine rings is 1. The normalized spacial score (nSPS) is 18.7. The van der Waals surface area contributed by atoms with Crippen LogP contribution in [0.25, 0.3) is 5.52 Å². The molecule has 0 aromatic carbocycles. The Hall–Kier alpha value is -1.35. The summed E-state index contributed by atoms with van der Waals surface area (Å²) < 4.78 is 1.91. The highest BCUT2D eigenvalue weighted by atomic mass is 15.2. The van der Waals surface area contributed by atoms with E-state index in [0.717, 1.165) is 18.5 Å². The molecule has 2 aromatic heterocycles. The van der Waals surface area contributed by atoms with Crippen LogP contribution in [0, 0.1) is 6.92 Å². The number of rotatable bonds is 1. The molecule has 0 atom stereocenters. The standard InChI is InChI=1S/C11H13N3/c1-8-3-2-6-14-9(8)7-10(13-14)11(12)4-5-11/h2-3,6-7H,4-5,12H2,1H3. The number of aromatic nitrogens is 2. The molecule has 0 bridgehead atoms. The minimum atomic E-state index is -0.127. The molecule has 2 aromatic rings. The van der Waals surface area contributed by atoms with E-state index < -0.39 is 0 Å². The number of hydrogen-bond donors (Lipinski definition) is 1. The van der Waals surface area contributed by atoms with Gasteiger partial charge >= 0.3 is 0 Å². The summed E-state index contributed by atoms with van der Waals surface area (Å²) in [6, 6.07) is 6.22. The molecule has 72 valence electrons. The Morgan fingerprint density at radius 2 is 2.29 bits per heavy atom. The topological polar surface area (TPSA) is 43.3 Å². The molecule has 3 rings (SSSR count). The van der Waals surface area contributed by atoms with E-state index in [1.54, 1.807) is 0 Å². The summed E-state index contributed by atoms with van der Waals surface area (Å²) in [5, 5.41) is 4.50. The van der Waals surface area contributed by atoms with Gasteiger partial charge in [-0.3, -0.25) is 0 Å². The van der Waals surface area contributed by atoms with Crippen molar-refractivity contribution in [2.24, 2.45) is 5.73 Å². The number of fused-ring (bicyclic) bond motifs is 1. The number of hydrogen-bond acceptors (Lipinski definition) is 2. The summed E-state index contributed by atoms with van der Waals surface area (Å²) in [5.74, 6) is 0. The zero-order valence-electron chi connectivity index (χ0n) is 8.20. The highest BCUT2D eigenvalue weighted by molar-refractivity contribution is 5.55. The molecule has 1 saturated carbocycles. The Kier molecular flexibility index (Phi) is 1.35. The van der Waals surface area contributed by atoms with Gasteiger partial charge in [0.25, 0.3) is 0 Å². The molecule has 3 nitrogen and oxygen atoms in total. The maximum Gasteiger partial charge on any atom is 0.0833 e. The van der Waals surface area contributed by atoms with Crippen molar-refractivity contribution in [1.29, 1.82) is 0 Å². The molecule has 0 radical (unpaired) electrons. The molecule has 14 heavy (non-hydrogen) atoms. The monoisotopic (exact) mass is 187 g/mol. The predicted molar refractivity (Wildman–Crippen MR) is 55.0 cm³/mol. The van der Waals surface area contributed by atoms with E-state index in [2.05, 4.69) is 24.2 Å². The first kappa shape index (κ1) is 8.00. The minimum Gasteiger partial charge on any atom is -0.320 e. The minimum absolute atomic E-state index is 0.127. The average Bonchev–Trinajstić information content (AvgIpc) is 2.77. The van der Waals surface area contributed by atoms with E-state index in [1.165, 1.54) is 11.1 Å². The van der Waals surface area contributed by atoms with E-state index in [0.29, 0.717) is 0 Å². The van der Waals surface area contributed by atoms with Gasteiger partial charge in [0.1, 0.15) is 0 Å². The van der Waals surface area contributed by atoms with Crippen LogP contribution < -0.4 is 5.73 Å². The van der Waals surface area contributed by atoms with Crippen LogP contribution in [0.4, 0.5) is 0 Å². The summed E-state index contributed by atoms with van der Waals surface area (Å²) in [6.07, 6.45) is 4.10. The smallest absolute Gasteiger partial charge is 0.0833 e. The fourth-order valence-corrected chi connectivity index (χ4v) is 1.79. The van der Waals surface area contributed by atoms with Crippen molar-refractivity contribution in [3.8, 4) is 0 Å². The van der Waals surface area contributed by atoms with Crippen LogP contribution in [-0.2, 0) is 5.54 Å². The molecule has 1 aliphatic rings. The summed E-state index contributed by atoms with van der Waals surface area (Å²) in [5.41, 5.74) is 9.43. The lowest BCUT2D eigenvalue weighted by Crippen LogP contribution is -2.19. The Morgan fingerprint density at radius 3 is 2.93 bits per heavy atom. The van der Waals surface area contributed by atoms with E-state index in [1.807, 2.05) is 16.8 Å². The van der Waals surface area contributed by atoms with Gasteiger partial charge in [0.2, 0.25) is 0 Å². The molecule has 2 N–H and O–H groups in total. The van der Waals surface area contributed by atoms with Crippen molar-refractivity contribution in [2.45, 2.75) is 25.3 Å². The first-order valence-electron chi connectivity index (χ1n) is 4.93. The van der Waals surface area contributed by atoms with Gasteiger partial charge in [-0.15, -0.1) is 0 Å². The lowest BCUT2D eigenvalue weighted by atomic mass is 10.2. The van der Waals surface area contributed by atoms with Crippen LogP contribution in [0.3, 0.4) is 0 Å². The van der Waals surface area contributed by atoms with Crippen LogP contribution >= 0.6 is 0 Å². The molecule has 3 heteroatoms. The summed E-state index contributed by atoms with van der Waals surface area (Å²) in [6.45, 7) is 2.09. The Labute approximate surface area is 82.5 Å². The molecular weight excluding hydrogens is 174 g/mol. The first-order chi connectivity index (χ1) is 6.69. The Bertz CT molecular complexity index is 494. The highest BCUT2D eigenvalue weighted by Gasteiger charge is 2.42. The lowest BCUT2D eigenvalue weighted by Gasteiger charge is -2.00. The fraction of sp³-hybridized carbons (Fsp3) is 0.364. The maximum atomic E-state index is 6.11. The molecular formula is C11H13N3. The van der Waals surface area contributed by atoms with Gasteiger partial charge in [0.05, 0.1) is 16.7 Å². The Morgan fingerprint density at radius 1 is 1.50 bits per heavy atom. The second kappa shape index (κ2) is 2.36. The van der Waals surface area contributed by atoms with Gasteiger partial charge < -0.3 is 5.73 Å². The van der Waals surface area contributed by atoms with E-state index in [9.17, 15) is 0 Å². The summed E-state index contributed by atoms with van der Waals surface area (Å²) in [4.78, 5) is 0. The molecule has 0 unspecified atom stereocenters. The second-order valence-electron chi connectivity index (χ2n) is 4.21. The number of aryl methyl sites for hydroxylation is 1. The van der Waals surface area contributed by atoms with Crippen molar-refractivity contribution >= 4 is 5.52 Å². The van der Waals surface area contributed by atoms with Crippen molar-refractivity contribution in [1.82, 2.24) is 9.61 Å². The van der Waals surface area contributed by atoms with E-state index in [4.69, 9.17) is 5.73 Å². The number of nitrogens with two attached hydrogens (primary N) is 1. The largest absolute Gasteiger partial charge is 0.320 e. The van der Waals surface area contributed by atoms with Gasteiger partial charge in [-0.2, -0.15) is 5.10 Å². The maximum absolute atomic E-state index is 6.11. The third-order valence-corrected chi connectivity index (χ3v) is 3.01. The quantitative estimate of drug-likeness (QED) is 0.736. The van der Waals surface area contributed by atoms with Crippen LogP contribution in [-0.4, -0.2) is 9.61 Å². The van der Waals surface area contributed by atoms with Crippen molar-refractivity contribution in [2.75, 3.05) is 0 Å². The van der Waals surface area contributed by atoms with Crippen LogP contribution in [0.5, 0.6) is 0 Å². The van der Waals surface area contributed by atoms with Crippen molar-refractivity contribution in [3.63, 3.8) is 0 Å². The molecule has 1 aliphatic carbocycles. The summed E-state index contributed by atoms with van der Waals surface area (Å²) in [7, 11) is 0. The molecule has 0 spiro atoms. The van der Waals surface area contributed by atoms with Crippen molar-refractivity contribution < 1.29 is 0 Å². The van der Waals surface area contributed by atoms with E-state index >= 15 is 0 Å². The van der Waals surface area contributed by atoms with Crippen LogP contribution in [0.15, 0.2) is 24.4 Å². The molecule has 0 aliphatic heterocycles. The molecule has 0 amide bonds. The van der Waals surface area contributed by atoms with Gasteiger partial charge in [-0.1, -0.05) is 6.07 Å². The zero-order chi connectivity index (χ0) is 9.76. The summed E-state index contributed by atoms with van der Waals surface area (Å²) >= 11 is 0. The Balaban J connectivity index is 2.25. The van der Waals surface area contributed by atoms with E-state index in [-0.39, 0.29) is 5.54 Å². The third-order valence-electron chi connectivity index (χ3n) is 3.01. The van der Waals surface area contributed by atoms with Gasteiger partial charge in [-0.05, 0) is 37.5 Å². The third kappa shape index (κ3) is 0.990. The molecule has 1 fully saturated rings. The van der Waals surface area contributed by atoms with Gasteiger partial charge in [0, 0.05) is 6.20 Å².